The Morgan fingerprint density at radius 1 is 1.22 bits per heavy atom. The van der Waals surface area contributed by atoms with Crippen LogP contribution in [-0.2, 0) is 4.79 Å². The van der Waals surface area contributed by atoms with Gasteiger partial charge in [0.15, 0.2) is 0 Å². The lowest BCUT2D eigenvalue weighted by molar-refractivity contribution is -0.115. The van der Waals surface area contributed by atoms with Crippen LogP contribution in [-0.4, -0.2) is 38.5 Å². The summed E-state index contributed by atoms with van der Waals surface area (Å²) in [6.07, 6.45) is 0. The van der Waals surface area contributed by atoms with E-state index in [4.69, 9.17) is 4.74 Å². The number of tetrazole rings is 1. The SMILES string of the molecule is COc1ccc(C)cc1NC(=O)[C@H](C)Sc1nnnn1-c1ccccc1C. The highest BCUT2D eigenvalue weighted by atomic mass is 32.2. The second-order valence-electron chi connectivity index (χ2n) is 6.11. The highest BCUT2D eigenvalue weighted by Gasteiger charge is 2.21. The number of aromatic nitrogens is 4. The minimum absolute atomic E-state index is 0.150. The molecule has 0 saturated heterocycles. The van der Waals surface area contributed by atoms with Gasteiger partial charge in [-0.25, -0.2) is 0 Å². The summed E-state index contributed by atoms with van der Waals surface area (Å²) in [5.41, 5.74) is 3.62. The summed E-state index contributed by atoms with van der Waals surface area (Å²) in [5.74, 6) is 0.471. The maximum atomic E-state index is 12.7. The van der Waals surface area contributed by atoms with E-state index < -0.39 is 5.25 Å². The third-order valence-electron chi connectivity index (χ3n) is 4.05. The van der Waals surface area contributed by atoms with E-state index in [0.717, 1.165) is 16.8 Å². The van der Waals surface area contributed by atoms with Crippen LogP contribution >= 0.6 is 11.8 Å². The Hall–Kier alpha value is -2.87. The number of para-hydroxylation sites is 1. The van der Waals surface area contributed by atoms with Crippen molar-refractivity contribution in [2.75, 3.05) is 12.4 Å². The Morgan fingerprint density at radius 3 is 2.74 bits per heavy atom. The lowest BCUT2D eigenvalue weighted by Crippen LogP contribution is -2.23. The molecule has 0 bridgehead atoms. The zero-order valence-corrected chi connectivity index (χ0v) is 16.4. The molecule has 0 spiro atoms. The van der Waals surface area contributed by atoms with Crippen LogP contribution in [0.3, 0.4) is 0 Å². The molecule has 1 amide bonds. The zero-order chi connectivity index (χ0) is 19.4. The number of aryl methyl sites for hydroxylation is 2. The van der Waals surface area contributed by atoms with Gasteiger partial charge in [-0.05, 0) is 60.5 Å². The van der Waals surface area contributed by atoms with Crippen LogP contribution in [0.15, 0.2) is 47.6 Å². The summed E-state index contributed by atoms with van der Waals surface area (Å²) in [6, 6.07) is 13.5. The predicted molar refractivity (Wildman–Crippen MR) is 106 cm³/mol. The number of nitrogens with one attached hydrogen (secondary N) is 1. The highest BCUT2D eigenvalue weighted by molar-refractivity contribution is 8.00. The number of carbonyl (C=O) groups is 1. The first-order valence-electron chi connectivity index (χ1n) is 8.46. The van der Waals surface area contributed by atoms with E-state index in [2.05, 4.69) is 20.8 Å². The molecule has 27 heavy (non-hydrogen) atoms. The molecule has 1 N–H and O–H groups in total. The smallest absolute Gasteiger partial charge is 0.237 e. The molecule has 1 heterocycles. The van der Waals surface area contributed by atoms with E-state index in [-0.39, 0.29) is 5.91 Å². The van der Waals surface area contributed by atoms with Gasteiger partial charge in [-0.2, -0.15) is 4.68 Å². The second-order valence-corrected chi connectivity index (χ2v) is 7.42. The molecule has 0 aliphatic heterocycles. The standard InChI is InChI=1S/C19H21N5O2S/c1-12-9-10-17(26-4)15(11-12)20-18(25)14(3)27-19-21-22-23-24(19)16-8-6-5-7-13(16)2/h5-11,14H,1-4H3,(H,20,25)/t14-/m0/s1. The van der Waals surface area contributed by atoms with E-state index in [1.807, 2.05) is 63.2 Å². The Labute approximate surface area is 162 Å². The first-order valence-corrected chi connectivity index (χ1v) is 9.34. The molecule has 0 unspecified atom stereocenters. The van der Waals surface area contributed by atoms with E-state index >= 15 is 0 Å². The second kappa shape index (κ2) is 8.22. The molecule has 0 radical (unpaired) electrons. The number of carbonyl (C=O) groups excluding carboxylic acids is 1. The van der Waals surface area contributed by atoms with E-state index in [1.54, 1.807) is 11.8 Å². The molecule has 1 aromatic heterocycles. The van der Waals surface area contributed by atoms with Crippen molar-refractivity contribution in [3.8, 4) is 11.4 Å². The topological polar surface area (TPSA) is 81.9 Å². The van der Waals surface area contributed by atoms with Crippen molar-refractivity contribution in [3.05, 3.63) is 53.6 Å². The number of hydrogen-bond donors (Lipinski definition) is 1. The molecule has 140 valence electrons. The van der Waals surface area contributed by atoms with Gasteiger partial charge >= 0.3 is 0 Å². The van der Waals surface area contributed by atoms with Crippen LogP contribution in [0.4, 0.5) is 5.69 Å². The fraction of sp³-hybridized carbons (Fsp3) is 0.263. The summed E-state index contributed by atoms with van der Waals surface area (Å²) in [5, 5.41) is 15.0. The van der Waals surface area contributed by atoms with Gasteiger partial charge in [0.05, 0.1) is 23.7 Å². The molecule has 1 atom stereocenters. The van der Waals surface area contributed by atoms with Crippen molar-refractivity contribution in [1.82, 2.24) is 20.2 Å². The van der Waals surface area contributed by atoms with Crippen LogP contribution in [0.5, 0.6) is 5.75 Å². The molecular weight excluding hydrogens is 362 g/mol. The number of ether oxygens (including phenoxy) is 1. The van der Waals surface area contributed by atoms with Crippen molar-refractivity contribution in [3.63, 3.8) is 0 Å². The molecular formula is C19H21N5O2S. The van der Waals surface area contributed by atoms with Gasteiger partial charge in [0.2, 0.25) is 11.1 Å². The summed E-state index contributed by atoms with van der Waals surface area (Å²) < 4.78 is 6.97. The molecule has 0 aliphatic rings. The van der Waals surface area contributed by atoms with Crippen LogP contribution in [0.25, 0.3) is 5.69 Å². The summed E-state index contributed by atoms with van der Waals surface area (Å²) in [6.45, 7) is 5.77. The average Bonchev–Trinajstić information content (AvgIpc) is 3.10. The van der Waals surface area contributed by atoms with Crippen molar-refractivity contribution < 1.29 is 9.53 Å². The molecule has 0 aliphatic carbocycles. The number of methoxy groups -OCH3 is 1. The molecule has 0 saturated carbocycles. The van der Waals surface area contributed by atoms with Crippen LogP contribution < -0.4 is 10.1 Å². The Bertz CT molecular complexity index is 957. The monoisotopic (exact) mass is 383 g/mol. The number of rotatable bonds is 6. The van der Waals surface area contributed by atoms with Gasteiger partial charge < -0.3 is 10.1 Å². The zero-order valence-electron chi connectivity index (χ0n) is 15.6. The highest BCUT2D eigenvalue weighted by Crippen LogP contribution is 2.28. The normalized spacial score (nSPS) is 11.9. The number of benzene rings is 2. The summed E-state index contributed by atoms with van der Waals surface area (Å²) in [4.78, 5) is 12.7. The van der Waals surface area contributed by atoms with E-state index in [0.29, 0.717) is 16.6 Å². The first kappa shape index (κ1) is 18.9. The van der Waals surface area contributed by atoms with Gasteiger partial charge in [-0.1, -0.05) is 36.0 Å². The van der Waals surface area contributed by atoms with Gasteiger partial charge in [-0.15, -0.1) is 5.10 Å². The quantitative estimate of drug-likeness (QED) is 0.657. The Balaban J connectivity index is 1.76. The number of amides is 1. The fourth-order valence-electron chi connectivity index (χ4n) is 2.57. The van der Waals surface area contributed by atoms with Crippen molar-refractivity contribution in [1.29, 1.82) is 0 Å². The fourth-order valence-corrected chi connectivity index (χ4v) is 3.37. The third kappa shape index (κ3) is 4.28. The Morgan fingerprint density at radius 2 is 2.00 bits per heavy atom. The first-order chi connectivity index (χ1) is 13.0. The lowest BCUT2D eigenvalue weighted by Gasteiger charge is -2.14. The van der Waals surface area contributed by atoms with Crippen LogP contribution in [0, 0.1) is 13.8 Å². The van der Waals surface area contributed by atoms with Gasteiger partial charge in [0.25, 0.3) is 0 Å². The summed E-state index contributed by atoms with van der Waals surface area (Å²) in [7, 11) is 1.58. The predicted octanol–water partition coefficient (Wildman–Crippen LogP) is 3.41. The van der Waals surface area contributed by atoms with Crippen LogP contribution in [0.1, 0.15) is 18.1 Å². The van der Waals surface area contributed by atoms with E-state index in [9.17, 15) is 4.79 Å². The van der Waals surface area contributed by atoms with Crippen molar-refractivity contribution in [2.24, 2.45) is 0 Å². The largest absolute Gasteiger partial charge is 0.495 e. The molecule has 3 rings (SSSR count). The lowest BCUT2D eigenvalue weighted by atomic mass is 10.2. The molecule has 8 heteroatoms. The maximum Gasteiger partial charge on any atom is 0.237 e. The minimum atomic E-state index is -0.399. The number of thioether (sulfide) groups is 1. The molecule has 7 nitrogen and oxygen atoms in total. The molecule has 2 aromatic carbocycles. The maximum absolute atomic E-state index is 12.7. The number of hydrogen-bond acceptors (Lipinski definition) is 6. The van der Waals surface area contributed by atoms with Crippen LogP contribution in [0.2, 0.25) is 0 Å². The van der Waals surface area contributed by atoms with Crippen molar-refractivity contribution >= 4 is 23.4 Å². The molecule has 0 fully saturated rings. The van der Waals surface area contributed by atoms with Gasteiger partial charge in [-0.3, -0.25) is 4.79 Å². The Kier molecular flexibility index (Phi) is 5.75. The summed E-state index contributed by atoms with van der Waals surface area (Å²) >= 11 is 1.30. The van der Waals surface area contributed by atoms with Crippen molar-refractivity contribution in [2.45, 2.75) is 31.2 Å². The minimum Gasteiger partial charge on any atom is -0.495 e. The molecule has 3 aromatic rings. The van der Waals surface area contributed by atoms with Gasteiger partial charge in [0, 0.05) is 0 Å². The third-order valence-corrected chi connectivity index (χ3v) is 5.08. The van der Waals surface area contributed by atoms with E-state index in [1.165, 1.54) is 11.8 Å². The number of anilines is 1. The van der Waals surface area contributed by atoms with Gasteiger partial charge in [0.1, 0.15) is 5.75 Å². The number of nitrogens with zero attached hydrogens (tertiary/aromatic N) is 4. The average molecular weight is 383 g/mol.